The first-order valence-electron chi connectivity index (χ1n) is 6.19. The van der Waals surface area contributed by atoms with E-state index in [4.69, 9.17) is 5.11 Å². The maximum atomic E-state index is 11.2. The normalized spacial score (nSPS) is 22.7. The van der Waals surface area contributed by atoms with E-state index in [0.29, 0.717) is 18.2 Å². The van der Waals surface area contributed by atoms with Crippen LogP contribution in [0.25, 0.3) is 0 Å². The van der Waals surface area contributed by atoms with Crippen LogP contribution in [-0.4, -0.2) is 40.2 Å². The summed E-state index contributed by atoms with van der Waals surface area (Å²) in [6.07, 6.45) is 1.81. The molecule has 1 aliphatic heterocycles. The zero-order chi connectivity index (χ0) is 14.0. The maximum absolute atomic E-state index is 11.2. The Morgan fingerprint density at radius 1 is 1.47 bits per heavy atom. The Balaban J connectivity index is 2.13. The predicted molar refractivity (Wildman–Crippen MR) is 70.8 cm³/mol. The summed E-state index contributed by atoms with van der Waals surface area (Å²) in [7, 11) is 0. The molecule has 2 heterocycles. The van der Waals surface area contributed by atoms with E-state index in [9.17, 15) is 14.7 Å². The van der Waals surface area contributed by atoms with Crippen LogP contribution in [0.1, 0.15) is 30.3 Å². The average Bonchev–Trinajstić information content (AvgIpc) is 2.94. The van der Waals surface area contributed by atoms with Gasteiger partial charge in [-0.05, 0) is 12.3 Å². The molecule has 0 spiro atoms. The van der Waals surface area contributed by atoms with E-state index < -0.39 is 17.9 Å². The van der Waals surface area contributed by atoms with Crippen molar-refractivity contribution in [2.45, 2.75) is 19.8 Å². The molecule has 2 N–H and O–H groups in total. The third-order valence-electron chi connectivity index (χ3n) is 3.40. The van der Waals surface area contributed by atoms with E-state index in [1.165, 1.54) is 16.7 Å². The number of carboxylic acid groups (broad SMARTS) is 2. The lowest BCUT2D eigenvalue weighted by atomic mass is 9.92. The molecule has 2 atom stereocenters. The molecule has 0 bridgehead atoms. The first-order chi connectivity index (χ1) is 9.02. The Morgan fingerprint density at radius 3 is 2.74 bits per heavy atom. The summed E-state index contributed by atoms with van der Waals surface area (Å²) in [6.45, 7) is 3.08. The Morgan fingerprint density at radius 2 is 2.21 bits per heavy atom. The number of nitrogens with zero attached hydrogens (tertiary/aromatic N) is 2. The molecular formula is C12H16N2O4S. The van der Waals surface area contributed by atoms with Crippen molar-refractivity contribution in [3.8, 4) is 0 Å². The number of carbonyl (C=O) groups is 2. The van der Waals surface area contributed by atoms with Crippen LogP contribution < -0.4 is 4.90 Å². The van der Waals surface area contributed by atoms with Crippen molar-refractivity contribution in [3.63, 3.8) is 0 Å². The summed E-state index contributed by atoms with van der Waals surface area (Å²) in [5, 5.41) is 20.2. The van der Waals surface area contributed by atoms with Gasteiger partial charge in [0, 0.05) is 18.5 Å². The van der Waals surface area contributed by atoms with Crippen LogP contribution in [0.2, 0.25) is 0 Å². The van der Waals surface area contributed by atoms with Crippen LogP contribution in [0.5, 0.6) is 0 Å². The van der Waals surface area contributed by atoms with Gasteiger partial charge in [0.05, 0.1) is 5.92 Å². The van der Waals surface area contributed by atoms with Crippen molar-refractivity contribution in [2.75, 3.05) is 18.0 Å². The Hall–Kier alpha value is -1.63. The van der Waals surface area contributed by atoms with Crippen molar-refractivity contribution in [3.05, 3.63) is 11.1 Å². The van der Waals surface area contributed by atoms with Gasteiger partial charge in [0.25, 0.3) is 0 Å². The minimum absolute atomic E-state index is 0.0193. The van der Waals surface area contributed by atoms with Crippen LogP contribution in [-0.2, 0) is 4.79 Å². The van der Waals surface area contributed by atoms with Crippen LogP contribution in [0, 0.1) is 11.8 Å². The van der Waals surface area contributed by atoms with Crippen molar-refractivity contribution in [2.24, 2.45) is 11.8 Å². The van der Waals surface area contributed by atoms with E-state index in [0.717, 1.165) is 12.8 Å². The summed E-state index contributed by atoms with van der Waals surface area (Å²) >= 11 is 1.25. The largest absolute Gasteiger partial charge is 0.481 e. The van der Waals surface area contributed by atoms with Crippen LogP contribution >= 0.6 is 11.3 Å². The fourth-order valence-electron chi connectivity index (χ4n) is 2.48. The minimum atomic E-state index is -1.05. The zero-order valence-electron chi connectivity index (χ0n) is 10.6. The molecule has 2 rings (SSSR count). The van der Waals surface area contributed by atoms with E-state index >= 15 is 0 Å². The lowest BCUT2D eigenvalue weighted by Gasteiger charge is -2.14. The molecule has 7 heteroatoms. The molecule has 0 radical (unpaired) electrons. The summed E-state index contributed by atoms with van der Waals surface area (Å²) in [6, 6.07) is 0. The van der Waals surface area contributed by atoms with Crippen LogP contribution in [0.4, 0.5) is 5.13 Å². The Labute approximate surface area is 114 Å². The molecule has 0 aliphatic carbocycles. The van der Waals surface area contributed by atoms with Crippen molar-refractivity contribution in [1.82, 2.24) is 4.98 Å². The zero-order valence-corrected chi connectivity index (χ0v) is 11.4. The van der Waals surface area contributed by atoms with Gasteiger partial charge < -0.3 is 15.1 Å². The summed E-state index contributed by atoms with van der Waals surface area (Å²) in [5.74, 6) is -2.12. The molecule has 1 saturated heterocycles. The van der Waals surface area contributed by atoms with Crippen LogP contribution in [0.3, 0.4) is 0 Å². The first-order valence-corrected chi connectivity index (χ1v) is 7.07. The van der Waals surface area contributed by atoms with Crippen molar-refractivity contribution >= 4 is 28.4 Å². The molecule has 1 aliphatic rings. The summed E-state index contributed by atoms with van der Waals surface area (Å²) < 4.78 is 0. The van der Waals surface area contributed by atoms with Gasteiger partial charge in [0.15, 0.2) is 10.8 Å². The van der Waals surface area contributed by atoms with Gasteiger partial charge in [-0.15, -0.1) is 11.3 Å². The van der Waals surface area contributed by atoms with Gasteiger partial charge in [-0.2, -0.15) is 0 Å². The lowest BCUT2D eigenvalue weighted by Crippen LogP contribution is -2.23. The quantitative estimate of drug-likeness (QED) is 0.856. The van der Waals surface area contributed by atoms with E-state index in [2.05, 4.69) is 4.98 Å². The highest BCUT2D eigenvalue weighted by Crippen LogP contribution is 2.33. The van der Waals surface area contributed by atoms with Crippen LogP contribution in [0.15, 0.2) is 5.38 Å². The number of rotatable bonds is 5. The third-order valence-corrected chi connectivity index (χ3v) is 4.30. The van der Waals surface area contributed by atoms with E-state index in [1.807, 2.05) is 11.8 Å². The fourth-order valence-corrected chi connectivity index (χ4v) is 3.30. The second-order valence-corrected chi connectivity index (χ2v) is 5.56. The lowest BCUT2D eigenvalue weighted by molar-refractivity contribution is -0.142. The molecule has 0 aromatic carbocycles. The summed E-state index contributed by atoms with van der Waals surface area (Å²) in [4.78, 5) is 28.0. The minimum Gasteiger partial charge on any atom is -0.481 e. The number of aromatic nitrogens is 1. The highest BCUT2D eigenvalue weighted by molar-refractivity contribution is 7.13. The average molecular weight is 284 g/mol. The highest BCUT2D eigenvalue weighted by Gasteiger charge is 2.38. The molecule has 104 valence electrons. The molecule has 0 amide bonds. The number of thiazole rings is 1. The highest BCUT2D eigenvalue weighted by atomic mass is 32.1. The molecule has 1 aromatic rings. The topological polar surface area (TPSA) is 90.7 Å². The Kier molecular flexibility index (Phi) is 4.04. The Bertz CT molecular complexity index is 488. The van der Waals surface area contributed by atoms with Gasteiger partial charge >= 0.3 is 11.9 Å². The number of aromatic carboxylic acids is 1. The second kappa shape index (κ2) is 5.56. The number of hydrogen-bond donors (Lipinski definition) is 2. The van der Waals surface area contributed by atoms with Crippen molar-refractivity contribution < 1.29 is 19.8 Å². The van der Waals surface area contributed by atoms with Crippen molar-refractivity contribution in [1.29, 1.82) is 0 Å². The molecule has 0 saturated carbocycles. The molecule has 1 fully saturated rings. The first kappa shape index (κ1) is 13.8. The third kappa shape index (κ3) is 2.86. The van der Waals surface area contributed by atoms with E-state index in [-0.39, 0.29) is 11.6 Å². The monoisotopic (exact) mass is 284 g/mol. The molecule has 0 unspecified atom stereocenters. The standard InChI is InChI=1S/C12H16N2O4S/c1-2-3-7-4-14(5-8(7)10(15)16)12-13-9(6-19-12)11(17)18/h6-8H,2-5H2,1H3,(H,15,16)(H,17,18)/t7-,8-/m1/s1. The fraction of sp³-hybridized carbons (Fsp3) is 0.583. The van der Waals surface area contributed by atoms with Gasteiger partial charge in [0.2, 0.25) is 0 Å². The second-order valence-electron chi connectivity index (χ2n) is 4.72. The van der Waals surface area contributed by atoms with Gasteiger partial charge in [-0.1, -0.05) is 13.3 Å². The number of aliphatic carboxylic acids is 1. The number of anilines is 1. The maximum Gasteiger partial charge on any atom is 0.355 e. The number of carboxylic acids is 2. The molecule has 6 nitrogen and oxygen atoms in total. The molecule has 1 aromatic heterocycles. The number of hydrogen-bond acceptors (Lipinski definition) is 5. The summed E-state index contributed by atoms with van der Waals surface area (Å²) in [5.41, 5.74) is 0.0193. The van der Waals surface area contributed by atoms with Gasteiger partial charge in [-0.25, -0.2) is 9.78 Å². The SMILES string of the molecule is CCC[C@@H]1CN(c2nc(C(=O)O)cs2)C[C@H]1C(=O)O. The van der Waals surface area contributed by atoms with Gasteiger partial charge in [0.1, 0.15) is 0 Å². The smallest absolute Gasteiger partial charge is 0.355 e. The van der Waals surface area contributed by atoms with E-state index in [1.54, 1.807) is 0 Å². The predicted octanol–water partition coefficient (Wildman–Crippen LogP) is 1.78. The molecule has 19 heavy (non-hydrogen) atoms. The molecular weight excluding hydrogens is 268 g/mol. The van der Waals surface area contributed by atoms with Gasteiger partial charge in [-0.3, -0.25) is 4.79 Å².